The second-order valence-corrected chi connectivity index (χ2v) is 4.71. The summed E-state index contributed by atoms with van der Waals surface area (Å²) in [5.41, 5.74) is 1.21. The average Bonchev–Trinajstić information content (AvgIpc) is 2.35. The predicted octanol–water partition coefficient (Wildman–Crippen LogP) is 2.59. The molecule has 0 saturated carbocycles. The Morgan fingerprint density at radius 2 is 1.82 bits per heavy atom. The highest BCUT2D eigenvalue weighted by molar-refractivity contribution is 14.1. The summed E-state index contributed by atoms with van der Waals surface area (Å²) < 4.78 is 6.51. The molecule has 0 radical (unpaired) electrons. The van der Waals surface area contributed by atoms with Crippen molar-refractivity contribution in [2.24, 2.45) is 0 Å². The summed E-state index contributed by atoms with van der Waals surface area (Å²) in [6.07, 6.45) is 3.44. The van der Waals surface area contributed by atoms with E-state index < -0.39 is 0 Å². The van der Waals surface area contributed by atoms with Crippen LogP contribution < -0.4 is 10.1 Å². The highest BCUT2D eigenvalue weighted by Gasteiger charge is 2.00. The summed E-state index contributed by atoms with van der Waals surface area (Å²) in [5, 5.41) is 3.09. The number of ether oxygens (including phenoxy) is 1. The van der Waals surface area contributed by atoms with E-state index in [1.54, 1.807) is 12.4 Å². The Balaban J connectivity index is 2.05. The average molecular weight is 341 g/mol. The maximum absolute atomic E-state index is 5.52. The lowest BCUT2D eigenvalue weighted by Crippen LogP contribution is -2.04. The predicted molar refractivity (Wildman–Crippen MR) is 74.0 cm³/mol. The van der Waals surface area contributed by atoms with E-state index >= 15 is 0 Å². The topological polar surface area (TPSA) is 47.0 Å². The third-order valence-electron chi connectivity index (χ3n) is 2.11. The number of aromatic nitrogens is 2. The molecule has 0 atom stereocenters. The molecule has 88 valence electrons. The van der Waals surface area contributed by atoms with Gasteiger partial charge in [-0.3, -0.25) is 0 Å². The molecule has 17 heavy (non-hydrogen) atoms. The van der Waals surface area contributed by atoms with Gasteiger partial charge in [0.05, 0.1) is 0 Å². The second-order valence-electron chi connectivity index (χ2n) is 3.46. The summed E-state index contributed by atoms with van der Waals surface area (Å²) in [6, 6.07) is 8.21. The van der Waals surface area contributed by atoms with Crippen molar-refractivity contribution in [2.45, 2.75) is 6.54 Å². The normalized spacial score (nSPS) is 10.2. The molecule has 1 N–H and O–H groups in total. The van der Waals surface area contributed by atoms with E-state index in [0.717, 1.165) is 15.9 Å². The first-order chi connectivity index (χ1) is 8.28. The summed E-state index contributed by atoms with van der Waals surface area (Å²) in [7, 11) is 1.92. The number of hydrogen-bond donors (Lipinski definition) is 1. The quantitative estimate of drug-likeness (QED) is 0.869. The van der Waals surface area contributed by atoms with Gasteiger partial charge in [0.1, 0.15) is 5.75 Å². The Morgan fingerprint density at radius 3 is 2.41 bits per heavy atom. The molecule has 4 nitrogen and oxygen atoms in total. The zero-order chi connectivity index (χ0) is 12.1. The SMILES string of the molecule is CNCc1ccc(Oc2ncc(I)cn2)cc1. The van der Waals surface area contributed by atoms with Crippen LogP contribution in [-0.4, -0.2) is 17.0 Å². The van der Waals surface area contributed by atoms with Crippen molar-refractivity contribution >= 4 is 22.6 Å². The second kappa shape index (κ2) is 5.92. The molecule has 0 aliphatic heterocycles. The standard InChI is InChI=1S/C12H12IN3O/c1-14-6-9-2-4-11(5-3-9)17-12-15-7-10(13)8-16-12/h2-5,7-8,14H,6H2,1H3. The largest absolute Gasteiger partial charge is 0.424 e. The Bertz CT molecular complexity index is 470. The molecule has 2 rings (SSSR count). The summed E-state index contributed by atoms with van der Waals surface area (Å²) >= 11 is 2.15. The molecule has 0 bridgehead atoms. The van der Waals surface area contributed by atoms with E-state index in [-0.39, 0.29) is 0 Å². The Labute approximate surface area is 114 Å². The fourth-order valence-electron chi connectivity index (χ4n) is 1.34. The van der Waals surface area contributed by atoms with Crippen LogP contribution in [0.4, 0.5) is 0 Å². The summed E-state index contributed by atoms with van der Waals surface area (Å²) in [6.45, 7) is 0.848. The molecule has 0 spiro atoms. The van der Waals surface area contributed by atoms with Crippen LogP contribution >= 0.6 is 22.6 Å². The molecule has 2 aromatic rings. The van der Waals surface area contributed by atoms with Crippen molar-refractivity contribution in [2.75, 3.05) is 7.05 Å². The first kappa shape index (κ1) is 12.3. The van der Waals surface area contributed by atoms with Gasteiger partial charge >= 0.3 is 6.01 Å². The lowest BCUT2D eigenvalue weighted by atomic mass is 10.2. The highest BCUT2D eigenvalue weighted by Crippen LogP contribution is 2.18. The number of hydrogen-bond acceptors (Lipinski definition) is 4. The third-order valence-corrected chi connectivity index (χ3v) is 2.67. The van der Waals surface area contributed by atoms with Crippen LogP contribution in [0.15, 0.2) is 36.7 Å². The minimum atomic E-state index is 0.367. The summed E-state index contributed by atoms with van der Waals surface area (Å²) in [5.74, 6) is 0.742. The van der Waals surface area contributed by atoms with E-state index in [4.69, 9.17) is 4.74 Å². The van der Waals surface area contributed by atoms with Crippen molar-refractivity contribution in [3.63, 3.8) is 0 Å². The van der Waals surface area contributed by atoms with Crippen molar-refractivity contribution in [3.8, 4) is 11.8 Å². The van der Waals surface area contributed by atoms with Gasteiger partial charge in [-0.1, -0.05) is 12.1 Å². The molecule has 0 fully saturated rings. The summed E-state index contributed by atoms with van der Waals surface area (Å²) in [4.78, 5) is 8.16. The van der Waals surface area contributed by atoms with Crippen molar-refractivity contribution in [1.29, 1.82) is 0 Å². The first-order valence-corrected chi connectivity index (χ1v) is 6.25. The van der Waals surface area contributed by atoms with E-state index in [0.29, 0.717) is 6.01 Å². The van der Waals surface area contributed by atoms with Crippen LogP contribution in [0.25, 0.3) is 0 Å². The first-order valence-electron chi connectivity index (χ1n) is 5.17. The molecular formula is C12H12IN3O. The maximum atomic E-state index is 5.52. The van der Waals surface area contributed by atoms with Crippen LogP contribution in [0.3, 0.4) is 0 Å². The van der Waals surface area contributed by atoms with E-state index in [2.05, 4.69) is 37.9 Å². The number of nitrogens with zero attached hydrogens (tertiary/aromatic N) is 2. The van der Waals surface area contributed by atoms with E-state index in [1.807, 2.05) is 31.3 Å². The molecular weight excluding hydrogens is 329 g/mol. The molecule has 5 heteroatoms. The minimum absolute atomic E-state index is 0.367. The number of rotatable bonds is 4. The number of nitrogens with one attached hydrogen (secondary N) is 1. The van der Waals surface area contributed by atoms with Crippen LogP contribution in [0.1, 0.15) is 5.56 Å². The smallest absolute Gasteiger partial charge is 0.321 e. The van der Waals surface area contributed by atoms with Gasteiger partial charge in [0.2, 0.25) is 0 Å². The number of benzene rings is 1. The zero-order valence-electron chi connectivity index (χ0n) is 9.35. The zero-order valence-corrected chi connectivity index (χ0v) is 11.5. The maximum Gasteiger partial charge on any atom is 0.321 e. The molecule has 1 aromatic carbocycles. The fourth-order valence-corrected chi connectivity index (χ4v) is 1.62. The van der Waals surface area contributed by atoms with Crippen molar-refractivity contribution in [3.05, 3.63) is 45.8 Å². The Hall–Kier alpha value is -1.21. The van der Waals surface area contributed by atoms with Gasteiger partial charge in [0, 0.05) is 22.5 Å². The Morgan fingerprint density at radius 1 is 1.18 bits per heavy atom. The van der Waals surface area contributed by atoms with Crippen LogP contribution in [0, 0.1) is 3.57 Å². The molecule has 0 saturated heterocycles. The van der Waals surface area contributed by atoms with Gasteiger partial charge in [-0.05, 0) is 47.3 Å². The van der Waals surface area contributed by atoms with E-state index in [9.17, 15) is 0 Å². The van der Waals surface area contributed by atoms with Gasteiger partial charge in [0.15, 0.2) is 0 Å². The van der Waals surface area contributed by atoms with E-state index in [1.165, 1.54) is 5.56 Å². The molecule has 0 unspecified atom stereocenters. The van der Waals surface area contributed by atoms with Crippen molar-refractivity contribution < 1.29 is 4.74 Å². The monoisotopic (exact) mass is 341 g/mol. The lowest BCUT2D eigenvalue weighted by molar-refractivity contribution is 0.441. The molecule has 0 aliphatic rings. The highest BCUT2D eigenvalue weighted by atomic mass is 127. The van der Waals surface area contributed by atoms with Crippen LogP contribution in [0.2, 0.25) is 0 Å². The van der Waals surface area contributed by atoms with Crippen molar-refractivity contribution in [1.82, 2.24) is 15.3 Å². The molecule has 0 aliphatic carbocycles. The lowest BCUT2D eigenvalue weighted by Gasteiger charge is -2.04. The van der Waals surface area contributed by atoms with Gasteiger partial charge in [-0.25, -0.2) is 9.97 Å². The fraction of sp³-hybridized carbons (Fsp3) is 0.167. The van der Waals surface area contributed by atoms with Crippen LogP contribution in [0.5, 0.6) is 11.8 Å². The van der Waals surface area contributed by atoms with Crippen LogP contribution in [-0.2, 0) is 6.54 Å². The van der Waals surface area contributed by atoms with Gasteiger partial charge in [0.25, 0.3) is 0 Å². The Kier molecular flexibility index (Phi) is 4.27. The van der Waals surface area contributed by atoms with Gasteiger partial charge in [-0.15, -0.1) is 0 Å². The molecule has 1 aromatic heterocycles. The minimum Gasteiger partial charge on any atom is -0.424 e. The number of halogens is 1. The molecule has 0 amide bonds. The van der Waals surface area contributed by atoms with Gasteiger partial charge in [-0.2, -0.15) is 0 Å². The van der Waals surface area contributed by atoms with Gasteiger partial charge < -0.3 is 10.1 Å². The third kappa shape index (κ3) is 3.64. The molecule has 1 heterocycles.